The molecule has 0 aliphatic heterocycles. The number of rotatable bonds is 7. The molecular formula is C12H19NO2. The van der Waals surface area contributed by atoms with Gasteiger partial charge in [0.2, 0.25) is 0 Å². The second-order valence-electron chi connectivity index (χ2n) is 3.54. The first-order valence-corrected chi connectivity index (χ1v) is 5.30. The van der Waals surface area contributed by atoms with Crippen molar-refractivity contribution in [2.75, 3.05) is 19.8 Å². The van der Waals surface area contributed by atoms with Crippen molar-refractivity contribution in [3.8, 4) is 5.75 Å². The normalized spacial score (nSPS) is 12.4. The molecule has 0 fully saturated rings. The van der Waals surface area contributed by atoms with Crippen LogP contribution in [0.2, 0.25) is 0 Å². The maximum atomic E-state index is 5.59. The van der Waals surface area contributed by atoms with Gasteiger partial charge in [0.05, 0.1) is 6.61 Å². The van der Waals surface area contributed by atoms with E-state index < -0.39 is 0 Å². The highest BCUT2D eigenvalue weighted by Crippen LogP contribution is 2.07. The fourth-order valence-electron chi connectivity index (χ4n) is 1.11. The molecule has 0 bridgehead atoms. The third-order valence-electron chi connectivity index (χ3n) is 1.96. The third-order valence-corrected chi connectivity index (χ3v) is 1.96. The van der Waals surface area contributed by atoms with Crippen molar-refractivity contribution < 1.29 is 9.47 Å². The summed E-state index contributed by atoms with van der Waals surface area (Å²) in [6.07, 6.45) is 0.894. The van der Waals surface area contributed by atoms with Gasteiger partial charge in [-0.1, -0.05) is 18.2 Å². The average molecular weight is 209 g/mol. The molecule has 0 aliphatic carbocycles. The minimum absolute atomic E-state index is 0.208. The predicted octanol–water partition coefficient (Wildman–Crippen LogP) is 1.82. The second kappa shape index (κ2) is 7.26. The monoisotopic (exact) mass is 209 g/mol. The van der Waals surface area contributed by atoms with E-state index in [1.165, 1.54) is 0 Å². The summed E-state index contributed by atoms with van der Waals surface area (Å²) in [6.45, 7) is 3.88. The van der Waals surface area contributed by atoms with Crippen LogP contribution < -0.4 is 10.5 Å². The molecule has 1 atom stereocenters. The fraction of sp³-hybridized carbons (Fsp3) is 0.500. The largest absolute Gasteiger partial charge is 0.491 e. The highest BCUT2D eigenvalue weighted by molar-refractivity contribution is 5.20. The summed E-state index contributed by atoms with van der Waals surface area (Å²) in [5.74, 6) is 0.883. The molecule has 84 valence electrons. The van der Waals surface area contributed by atoms with Gasteiger partial charge in [-0.2, -0.15) is 0 Å². The molecule has 15 heavy (non-hydrogen) atoms. The van der Waals surface area contributed by atoms with E-state index in [-0.39, 0.29) is 6.04 Å². The van der Waals surface area contributed by atoms with Gasteiger partial charge in [0.15, 0.2) is 0 Å². The molecule has 1 unspecified atom stereocenters. The molecule has 0 radical (unpaired) electrons. The lowest BCUT2D eigenvalue weighted by molar-refractivity contribution is 0.0959. The summed E-state index contributed by atoms with van der Waals surface area (Å²) in [6, 6.07) is 9.94. The second-order valence-corrected chi connectivity index (χ2v) is 3.54. The van der Waals surface area contributed by atoms with Gasteiger partial charge in [0.25, 0.3) is 0 Å². The Kier molecular flexibility index (Phi) is 5.81. The Morgan fingerprint density at radius 1 is 1.13 bits per heavy atom. The average Bonchev–Trinajstić information content (AvgIpc) is 2.24. The van der Waals surface area contributed by atoms with E-state index in [9.17, 15) is 0 Å². The zero-order chi connectivity index (χ0) is 10.9. The maximum absolute atomic E-state index is 5.59. The molecule has 3 nitrogen and oxygen atoms in total. The van der Waals surface area contributed by atoms with Crippen LogP contribution >= 0.6 is 0 Å². The number of hydrogen-bond donors (Lipinski definition) is 1. The SMILES string of the molecule is CC(N)CCOCCOc1ccccc1. The first-order valence-electron chi connectivity index (χ1n) is 5.30. The molecule has 0 saturated carbocycles. The molecule has 0 heterocycles. The molecule has 0 aromatic heterocycles. The quantitative estimate of drug-likeness (QED) is 0.697. The van der Waals surface area contributed by atoms with Crippen molar-refractivity contribution in [3.63, 3.8) is 0 Å². The lowest BCUT2D eigenvalue weighted by atomic mass is 10.3. The number of hydrogen-bond acceptors (Lipinski definition) is 3. The molecule has 0 amide bonds. The van der Waals surface area contributed by atoms with Crippen LogP contribution in [0.4, 0.5) is 0 Å². The van der Waals surface area contributed by atoms with Gasteiger partial charge in [0.1, 0.15) is 12.4 Å². The van der Waals surface area contributed by atoms with E-state index in [0.29, 0.717) is 19.8 Å². The Morgan fingerprint density at radius 2 is 1.87 bits per heavy atom. The van der Waals surface area contributed by atoms with Gasteiger partial charge in [-0.25, -0.2) is 0 Å². The van der Waals surface area contributed by atoms with E-state index in [2.05, 4.69) is 0 Å². The van der Waals surface area contributed by atoms with Gasteiger partial charge in [-0.15, -0.1) is 0 Å². The molecule has 2 N–H and O–H groups in total. The first-order chi connectivity index (χ1) is 7.29. The zero-order valence-electron chi connectivity index (χ0n) is 9.19. The minimum atomic E-state index is 0.208. The van der Waals surface area contributed by atoms with Crippen LogP contribution in [0.1, 0.15) is 13.3 Å². The summed E-state index contributed by atoms with van der Waals surface area (Å²) >= 11 is 0. The van der Waals surface area contributed by atoms with Gasteiger partial charge in [-0.05, 0) is 25.5 Å². The standard InChI is InChI=1S/C12H19NO2/c1-11(13)7-8-14-9-10-15-12-5-3-2-4-6-12/h2-6,11H,7-10,13H2,1H3. The first kappa shape index (κ1) is 12.0. The Labute approximate surface area is 91.2 Å². The molecule has 0 aliphatic rings. The van der Waals surface area contributed by atoms with Crippen LogP contribution in [0.3, 0.4) is 0 Å². The maximum Gasteiger partial charge on any atom is 0.119 e. The summed E-state index contributed by atoms with van der Waals surface area (Å²) < 4.78 is 10.8. The minimum Gasteiger partial charge on any atom is -0.491 e. The topological polar surface area (TPSA) is 44.5 Å². The molecule has 1 aromatic carbocycles. The summed E-state index contributed by atoms with van der Waals surface area (Å²) in [5, 5.41) is 0. The Morgan fingerprint density at radius 3 is 2.53 bits per heavy atom. The van der Waals surface area contributed by atoms with Crippen molar-refractivity contribution in [3.05, 3.63) is 30.3 Å². The van der Waals surface area contributed by atoms with E-state index >= 15 is 0 Å². The summed E-state index contributed by atoms with van der Waals surface area (Å²) in [4.78, 5) is 0. The lowest BCUT2D eigenvalue weighted by Crippen LogP contribution is -2.18. The van der Waals surface area contributed by atoms with Crippen LogP contribution in [0.15, 0.2) is 30.3 Å². The van der Waals surface area contributed by atoms with Crippen molar-refractivity contribution in [2.45, 2.75) is 19.4 Å². The van der Waals surface area contributed by atoms with E-state index in [1.807, 2.05) is 37.3 Å². The van der Waals surface area contributed by atoms with E-state index in [0.717, 1.165) is 12.2 Å². The number of nitrogens with two attached hydrogens (primary N) is 1. The lowest BCUT2D eigenvalue weighted by Gasteiger charge is -2.08. The van der Waals surface area contributed by atoms with Crippen molar-refractivity contribution >= 4 is 0 Å². The highest BCUT2D eigenvalue weighted by atomic mass is 16.5. The van der Waals surface area contributed by atoms with Gasteiger partial charge < -0.3 is 15.2 Å². The Hall–Kier alpha value is -1.06. The van der Waals surface area contributed by atoms with Crippen LogP contribution in [0.25, 0.3) is 0 Å². The molecule has 0 spiro atoms. The van der Waals surface area contributed by atoms with Crippen molar-refractivity contribution in [2.24, 2.45) is 5.73 Å². The molecule has 3 heteroatoms. The highest BCUT2D eigenvalue weighted by Gasteiger charge is 1.95. The molecule has 1 aromatic rings. The van der Waals surface area contributed by atoms with Crippen LogP contribution in [-0.4, -0.2) is 25.9 Å². The fourth-order valence-corrected chi connectivity index (χ4v) is 1.11. The van der Waals surface area contributed by atoms with Crippen LogP contribution in [0.5, 0.6) is 5.75 Å². The molecule has 0 saturated heterocycles. The predicted molar refractivity (Wildman–Crippen MR) is 61.0 cm³/mol. The van der Waals surface area contributed by atoms with Gasteiger partial charge in [-0.3, -0.25) is 0 Å². The van der Waals surface area contributed by atoms with Gasteiger partial charge >= 0.3 is 0 Å². The third kappa shape index (κ3) is 6.10. The van der Waals surface area contributed by atoms with E-state index in [1.54, 1.807) is 0 Å². The number of ether oxygens (including phenoxy) is 2. The Bertz CT molecular complexity index is 249. The van der Waals surface area contributed by atoms with Crippen LogP contribution in [0, 0.1) is 0 Å². The van der Waals surface area contributed by atoms with Crippen LogP contribution in [-0.2, 0) is 4.74 Å². The van der Waals surface area contributed by atoms with Crippen molar-refractivity contribution in [1.82, 2.24) is 0 Å². The van der Waals surface area contributed by atoms with Gasteiger partial charge in [0, 0.05) is 12.6 Å². The summed E-state index contributed by atoms with van der Waals surface area (Å²) in [7, 11) is 0. The molecule has 1 rings (SSSR count). The number of para-hydroxylation sites is 1. The number of benzene rings is 1. The van der Waals surface area contributed by atoms with Crippen molar-refractivity contribution in [1.29, 1.82) is 0 Å². The summed E-state index contributed by atoms with van der Waals surface area (Å²) in [5.41, 5.74) is 5.59. The smallest absolute Gasteiger partial charge is 0.119 e. The molecular weight excluding hydrogens is 190 g/mol. The van der Waals surface area contributed by atoms with E-state index in [4.69, 9.17) is 15.2 Å². The zero-order valence-corrected chi connectivity index (χ0v) is 9.19. The Balaban J connectivity index is 1.98.